The van der Waals surface area contributed by atoms with E-state index in [1.165, 1.54) is 12.8 Å². The van der Waals surface area contributed by atoms with Crippen molar-refractivity contribution in [2.45, 2.75) is 32.4 Å². The predicted octanol–water partition coefficient (Wildman–Crippen LogP) is 2.91. The van der Waals surface area contributed by atoms with Gasteiger partial charge in [0.25, 0.3) is 5.91 Å². The Morgan fingerprint density at radius 2 is 1.77 bits per heavy atom. The summed E-state index contributed by atoms with van der Waals surface area (Å²) in [7, 11) is 0. The van der Waals surface area contributed by atoms with Crippen LogP contribution >= 0.6 is 0 Å². The SMILES string of the molecule is CC(NC(=O)c1ccc(OCC2CC2)cc1)C(=O)NCc1ccccc1. The molecule has 0 aliphatic heterocycles. The molecule has 136 valence electrons. The van der Waals surface area contributed by atoms with Gasteiger partial charge < -0.3 is 15.4 Å². The van der Waals surface area contributed by atoms with Crippen LogP contribution in [0.5, 0.6) is 5.75 Å². The summed E-state index contributed by atoms with van der Waals surface area (Å²) in [6.07, 6.45) is 2.48. The first kappa shape index (κ1) is 18.0. The normalized spacial score (nSPS) is 14.3. The smallest absolute Gasteiger partial charge is 0.251 e. The third kappa shape index (κ3) is 5.34. The fourth-order valence-corrected chi connectivity index (χ4v) is 2.48. The molecule has 0 aromatic heterocycles. The summed E-state index contributed by atoms with van der Waals surface area (Å²) in [5.74, 6) is 0.961. The van der Waals surface area contributed by atoms with Crippen molar-refractivity contribution in [2.75, 3.05) is 6.61 Å². The lowest BCUT2D eigenvalue weighted by molar-refractivity contribution is -0.122. The first-order valence-electron chi connectivity index (χ1n) is 8.97. The van der Waals surface area contributed by atoms with E-state index in [4.69, 9.17) is 4.74 Å². The van der Waals surface area contributed by atoms with Gasteiger partial charge in [0.05, 0.1) is 6.61 Å². The van der Waals surface area contributed by atoms with Gasteiger partial charge in [-0.1, -0.05) is 30.3 Å². The molecule has 1 unspecified atom stereocenters. The summed E-state index contributed by atoms with van der Waals surface area (Å²) in [4.78, 5) is 24.4. The fraction of sp³-hybridized carbons (Fsp3) is 0.333. The Morgan fingerprint density at radius 3 is 2.42 bits per heavy atom. The van der Waals surface area contributed by atoms with E-state index in [-0.39, 0.29) is 11.8 Å². The number of amides is 2. The van der Waals surface area contributed by atoms with Crippen molar-refractivity contribution >= 4 is 11.8 Å². The molecule has 0 bridgehead atoms. The molecule has 5 heteroatoms. The molecule has 0 radical (unpaired) electrons. The summed E-state index contributed by atoms with van der Waals surface area (Å²) in [6, 6.07) is 16.0. The van der Waals surface area contributed by atoms with Gasteiger partial charge in [-0.2, -0.15) is 0 Å². The van der Waals surface area contributed by atoms with Crippen LogP contribution in [0.2, 0.25) is 0 Å². The average molecular weight is 352 g/mol. The van der Waals surface area contributed by atoms with Gasteiger partial charge in [-0.15, -0.1) is 0 Å². The van der Waals surface area contributed by atoms with Crippen molar-refractivity contribution in [3.8, 4) is 5.75 Å². The van der Waals surface area contributed by atoms with Gasteiger partial charge >= 0.3 is 0 Å². The Labute approximate surface area is 153 Å². The third-order valence-electron chi connectivity index (χ3n) is 4.35. The summed E-state index contributed by atoms with van der Waals surface area (Å²) in [5, 5.41) is 5.54. The lowest BCUT2D eigenvalue weighted by atomic mass is 10.2. The minimum Gasteiger partial charge on any atom is -0.493 e. The van der Waals surface area contributed by atoms with Crippen LogP contribution in [-0.4, -0.2) is 24.5 Å². The highest BCUT2D eigenvalue weighted by Crippen LogP contribution is 2.29. The zero-order valence-corrected chi connectivity index (χ0v) is 14.9. The Kier molecular flexibility index (Phi) is 5.89. The minimum atomic E-state index is -0.614. The van der Waals surface area contributed by atoms with E-state index in [0.29, 0.717) is 18.0 Å². The van der Waals surface area contributed by atoms with E-state index in [9.17, 15) is 9.59 Å². The summed E-state index contributed by atoms with van der Waals surface area (Å²) in [6.45, 7) is 2.85. The molecule has 26 heavy (non-hydrogen) atoms. The molecule has 1 saturated carbocycles. The van der Waals surface area contributed by atoms with Gasteiger partial charge in [0.1, 0.15) is 11.8 Å². The zero-order valence-electron chi connectivity index (χ0n) is 14.9. The van der Waals surface area contributed by atoms with E-state index in [0.717, 1.165) is 17.9 Å². The number of hydrogen-bond acceptors (Lipinski definition) is 3. The van der Waals surface area contributed by atoms with E-state index >= 15 is 0 Å². The molecule has 2 aromatic rings. The molecule has 2 N–H and O–H groups in total. The van der Waals surface area contributed by atoms with Crippen LogP contribution < -0.4 is 15.4 Å². The number of carbonyl (C=O) groups excluding carboxylic acids is 2. The molecule has 1 aliphatic carbocycles. The second-order valence-electron chi connectivity index (χ2n) is 6.68. The van der Waals surface area contributed by atoms with Crippen molar-refractivity contribution in [3.05, 3.63) is 65.7 Å². The average Bonchev–Trinajstić information content (AvgIpc) is 3.50. The van der Waals surface area contributed by atoms with Gasteiger partial charge in [0.2, 0.25) is 5.91 Å². The van der Waals surface area contributed by atoms with Gasteiger partial charge in [0.15, 0.2) is 0 Å². The fourth-order valence-electron chi connectivity index (χ4n) is 2.48. The quantitative estimate of drug-likeness (QED) is 0.768. The number of hydrogen-bond donors (Lipinski definition) is 2. The van der Waals surface area contributed by atoms with Crippen LogP contribution in [0, 0.1) is 5.92 Å². The summed E-state index contributed by atoms with van der Waals surface area (Å²) in [5.41, 5.74) is 1.52. The van der Waals surface area contributed by atoms with Crippen LogP contribution in [0.4, 0.5) is 0 Å². The molecule has 2 aromatic carbocycles. The highest BCUT2D eigenvalue weighted by atomic mass is 16.5. The topological polar surface area (TPSA) is 67.4 Å². The van der Waals surface area contributed by atoms with Crippen LogP contribution in [0.15, 0.2) is 54.6 Å². The molecule has 0 saturated heterocycles. The van der Waals surface area contributed by atoms with Crippen molar-refractivity contribution < 1.29 is 14.3 Å². The van der Waals surface area contributed by atoms with Gasteiger partial charge in [-0.25, -0.2) is 0 Å². The van der Waals surface area contributed by atoms with Crippen LogP contribution in [0.3, 0.4) is 0 Å². The van der Waals surface area contributed by atoms with Crippen molar-refractivity contribution in [1.82, 2.24) is 10.6 Å². The lowest BCUT2D eigenvalue weighted by Crippen LogP contribution is -2.44. The number of carbonyl (C=O) groups is 2. The van der Waals surface area contributed by atoms with Crippen molar-refractivity contribution in [3.63, 3.8) is 0 Å². The van der Waals surface area contributed by atoms with E-state index in [2.05, 4.69) is 10.6 Å². The van der Waals surface area contributed by atoms with Crippen molar-refractivity contribution in [1.29, 1.82) is 0 Å². The maximum absolute atomic E-state index is 12.3. The van der Waals surface area contributed by atoms with Crippen LogP contribution in [0.25, 0.3) is 0 Å². The molecule has 5 nitrogen and oxygen atoms in total. The molecule has 2 amide bonds. The Morgan fingerprint density at radius 1 is 1.08 bits per heavy atom. The van der Waals surface area contributed by atoms with E-state index < -0.39 is 6.04 Å². The molecule has 3 rings (SSSR count). The predicted molar refractivity (Wildman–Crippen MR) is 99.9 cm³/mol. The number of benzene rings is 2. The maximum atomic E-state index is 12.3. The number of ether oxygens (including phenoxy) is 1. The second-order valence-corrected chi connectivity index (χ2v) is 6.68. The first-order valence-corrected chi connectivity index (χ1v) is 8.97. The van der Waals surface area contributed by atoms with E-state index in [1.807, 2.05) is 30.3 Å². The first-order chi connectivity index (χ1) is 12.6. The standard InChI is InChI=1S/C21H24N2O3/c1-15(20(24)22-13-16-5-3-2-4-6-16)23-21(25)18-9-11-19(12-10-18)26-14-17-7-8-17/h2-6,9-12,15,17H,7-8,13-14H2,1H3,(H,22,24)(H,23,25). The summed E-state index contributed by atoms with van der Waals surface area (Å²) >= 11 is 0. The molecule has 1 aliphatic rings. The van der Waals surface area contributed by atoms with Gasteiger partial charge in [-0.05, 0) is 55.5 Å². The number of rotatable bonds is 8. The van der Waals surface area contributed by atoms with Crippen LogP contribution in [0.1, 0.15) is 35.7 Å². The maximum Gasteiger partial charge on any atom is 0.251 e. The zero-order chi connectivity index (χ0) is 18.4. The Bertz CT molecular complexity index is 740. The molecule has 1 atom stereocenters. The largest absolute Gasteiger partial charge is 0.493 e. The minimum absolute atomic E-state index is 0.216. The van der Waals surface area contributed by atoms with E-state index in [1.54, 1.807) is 31.2 Å². The third-order valence-corrected chi connectivity index (χ3v) is 4.35. The van der Waals surface area contributed by atoms with Gasteiger partial charge in [-0.3, -0.25) is 9.59 Å². The highest BCUT2D eigenvalue weighted by molar-refractivity contribution is 5.97. The van der Waals surface area contributed by atoms with Gasteiger partial charge in [0, 0.05) is 12.1 Å². The lowest BCUT2D eigenvalue weighted by Gasteiger charge is -2.14. The molecule has 0 spiro atoms. The highest BCUT2D eigenvalue weighted by Gasteiger charge is 2.22. The molecule has 1 fully saturated rings. The van der Waals surface area contributed by atoms with Crippen molar-refractivity contribution in [2.24, 2.45) is 5.92 Å². The summed E-state index contributed by atoms with van der Waals surface area (Å²) < 4.78 is 5.66. The molecule has 0 heterocycles. The second kappa shape index (κ2) is 8.52. The Hall–Kier alpha value is -2.82. The monoisotopic (exact) mass is 352 g/mol. The van der Waals surface area contributed by atoms with Crippen LogP contribution in [-0.2, 0) is 11.3 Å². The Balaban J connectivity index is 1.45. The number of nitrogens with one attached hydrogen (secondary N) is 2. The molecular weight excluding hydrogens is 328 g/mol. The molecular formula is C21H24N2O3.